The molecule has 2 unspecified atom stereocenters. The summed E-state index contributed by atoms with van der Waals surface area (Å²) in [6.07, 6.45) is 3.75. The molecule has 2 rings (SSSR count). The van der Waals surface area contributed by atoms with Crippen molar-refractivity contribution in [2.75, 3.05) is 18.0 Å². The molecule has 0 aliphatic carbocycles. The van der Waals surface area contributed by atoms with E-state index in [-0.39, 0.29) is 0 Å². The van der Waals surface area contributed by atoms with Crippen molar-refractivity contribution in [3.8, 4) is 0 Å². The van der Waals surface area contributed by atoms with Crippen molar-refractivity contribution in [3.05, 3.63) is 30.3 Å². The smallest absolute Gasteiger partial charge is 0.0368 e. The standard InChI is InChI=1S/C15H24N2/c1-3-10-16-14-9-11-17(13(2)12-14)15-7-5-4-6-8-15/h4-8,13-14,16H,3,9-12H2,1-2H3. The molecule has 1 aromatic carbocycles. The molecular weight excluding hydrogens is 208 g/mol. The van der Waals surface area contributed by atoms with Gasteiger partial charge in [-0.1, -0.05) is 25.1 Å². The van der Waals surface area contributed by atoms with Gasteiger partial charge >= 0.3 is 0 Å². The van der Waals surface area contributed by atoms with Crippen molar-refractivity contribution in [2.24, 2.45) is 0 Å². The van der Waals surface area contributed by atoms with Gasteiger partial charge in [-0.2, -0.15) is 0 Å². The van der Waals surface area contributed by atoms with Crippen LogP contribution in [-0.4, -0.2) is 25.2 Å². The van der Waals surface area contributed by atoms with E-state index in [1.54, 1.807) is 0 Å². The summed E-state index contributed by atoms with van der Waals surface area (Å²) in [5.41, 5.74) is 1.37. The molecule has 2 nitrogen and oxygen atoms in total. The van der Waals surface area contributed by atoms with E-state index >= 15 is 0 Å². The molecule has 0 radical (unpaired) electrons. The summed E-state index contributed by atoms with van der Waals surface area (Å²) in [6, 6.07) is 12.1. The van der Waals surface area contributed by atoms with E-state index in [9.17, 15) is 0 Å². The van der Waals surface area contributed by atoms with Gasteiger partial charge in [0.25, 0.3) is 0 Å². The zero-order valence-electron chi connectivity index (χ0n) is 11.0. The predicted molar refractivity (Wildman–Crippen MR) is 74.6 cm³/mol. The molecule has 0 amide bonds. The molecule has 17 heavy (non-hydrogen) atoms. The molecule has 1 aliphatic rings. The Bertz CT molecular complexity index is 323. The summed E-state index contributed by atoms with van der Waals surface area (Å²) in [5.74, 6) is 0. The first-order valence-corrected chi connectivity index (χ1v) is 6.86. The highest BCUT2D eigenvalue weighted by molar-refractivity contribution is 5.47. The largest absolute Gasteiger partial charge is 0.369 e. The third-order valence-corrected chi connectivity index (χ3v) is 3.65. The summed E-state index contributed by atoms with van der Waals surface area (Å²) in [6.45, 7) is 6.90. The number of anilines is 1. The first kappa shape index (κ1) is 12.4. The molecule has 1 heterocycles. The van der Waals surface area contributed by atoms with Crippen molar-refractivity contribution >= 4 is 5.69 Å². The van der Waals surface area contributed by atoms with Crippen LogP contribution in [0.1, 0.15) is 33.1 Å². The lowest BCUT2D eigenvalue weighted by atomic mass is 9.97. The highest BCUT2D eigenvalue weighted by Gasteiger charge is 2.24. The number of para-hydroxylation sites is 1. The summed E-state index contributed by atoms with van der Waals surface area (Å²) in [4.78, 5) is 2.53. The molecule has 1 aliphatic heterocycles. The van der Waals surface area contributed by atoms with Gasteiger partial charge in [0.15, 0.2) is 0 Å². The molecular formula is C15H24N2. The van der Waals surface area contributed by atoms with Gasteiger partial charge in [-0.25, -0.2) is 0 Å². The maximum absolute atomic E-state index is 3.65. The molecule has 94 valence electrons. The monoisotopic (exact) mass is 232 g/mol. The number of rotatable bonds is 4. The van der Waals surface area contributed by atoms with E-state index in [4.69, 9.17) is 0 Å². The van der Waals surface area contributed by atoms with Crippen LogP contribution in [0.15, 0.2) is 30.3 Å². The molecule has 1 aromatic rings. The van der Waals surface area contributed by atoms with E-state index in [1.807, 2.05) is 0 Å². The molecule has 0 aromatic heterocycles. The second-order valence-electron chi connectivity index (χ2n) is 5.05. The Morgan fingerprint density at radius 1 is 1.29 bits per heavy atom. The van der Waals surface area contributed by atoms with Crippen LogP contribution < -0.4 is 10.2 Å². The molecule has 0 saturated carbocycles. The number of nitrogens with zero attached hydrogens (tertiary/aromatic N) is 1. The number of nitrogens with one attached hydrogen (secondary N) is 1. The lowest BCUT2D eigenvalue weighted by molar-refractivity contribution is 0.369. The zero-order valence-corrected chi connectivity index (χ0v) is 11.0. The summed E-state index contributed by atoms with van der Waals surface area (Å²) in [5, 5.41) is 3.65. The van der Waals surface area contributed by atoms with Gasteiger partial charge in [0.05, 0.1) is 0 Å². The fourth-order valence-corrected chi connectivity index (χ4v) is 2.71. The van der Waals surface area contributed by atoms with E-state index in [1.165, 1.54) is 31.5 Å². The molecule has 0 bridgehead atoms. The van der Waals surface area contributed by atoms with Crippen molar-refractivity contribution in [3.63, 3.8) is 0 Å². The molecule has 1 N–H and O–H groups in total. The maximum Gasteiger partial charge on any atom is 0.0368 e. The van der Waals surface area contributed by atoms with Crippen molar-refractivity contribution in [2.45, 2.75) is 45.2 Å². The second-order valence-corrected chi connectivity index (χ2v) is 5.05. The Morgan fingerprint density at radius 3 is 2.71 bits per heavy atom. The van der Waals surface area contributed by atoms with Crippen LogP contribution in [0.3, 0.4) is 0 Å². The molecule has 1 fully saturated rings. The summed E-state index contributed by atoms with van der Waals surface area (Å²) in [7, 11) is 0. The Morgan fingerprint density at radius 2 is 2.06 bits per heavy atom. The van der Waals surface area contributed by atoms with E-state index < -0.39 is 0 Å². The topological polar surface area (TPSA) is 15.3 Å². The lowest BCUT2D eigenvalue weighted by Gasteiger charge is -2.39. The Balaban J connectivity index is 1.92. The lowest BCUT2D eigenvalue weighted by Crippen LogP contribution is -2.47. The van der Waals surface area contributed by atoms with Gasteiger partial charge in [-0.05, 0) is 44.9 Å². The highest BCUT2D eigenvalue weighted by Crippen LogP contribution is 2.24. The van der Waals surface area contributed by atoms with E-state index in [2.05, 4.69) is 54.4 Å². The van der Waals surface area contributed by atoms with Crippen LogP contribution in [0, 0.1) is 0 Å². The number of hydrogen-bond acceptors (Lipinski definition) is 2. The van der Waals surface area contributed by atoms with Crippen LogP contribution in [0.4, 0.5) is 5.69 Å². The minimum Gasteiger partial charge on any atom is -0.369 e. The minimum absolute atomic E-state index is 0.639. The first-order chi connectivity index (χ1) is 8.31. The quantitative estimate of drug-likeness (QED) is 0.858. The van der Waals surface area contributed by atoms with Gasteiger partial charge in [0.1, 0.15) is 0 Å². The van der Waals surface area contributed by atoms with Crippen LogP contribution in [0.25, 0.3) is 0 Å². The van der Waals surface area contributed by atoms with Crippen LogP contribution in [0.5, 0.6) is 0 Å². The van der Waals surface area contributed by atoms with Gasteiger partial charge in [-0.3, -0.25) is 0 Å². The van der Waals surface area contributed by atoms with E-state index in [0.717, 1.165) is 6.54 Å². The van der Waals surface area contributed by atoms with Crippen molar-refractivity contribution in [1.82, 2.24) is 5.32 Å². The number of piperidine rings is 1. The average Bonchev–Trinajstić information content (AvgIpc) is 2.37. The predicted octanol–water partition coefficient (Wildman–Crippen LogP) is 3.04. The van der Waals surface area contributed by atoms with Gasteiger partial charge in [0.2, 0.25) is 0 Å². The maximum atomic E-state index is 3.65. The Hall–Kier alpha value is -1.02. The number of hydrogen-bond donors (Lipinski definition) is 1. The molecule has 2 atom stereocenters. The normalized spacial score (nSPS) is 24.9. The fraction of sp³-hybridized carbons (Fsp3) is 0.600. The highest BCUT2D eigenvalue weighted by atomic mass is 15.2. The Kier molecular flexibility index (Phi) is 4.43. The minimum atomic E-state index is 0.639. The van der Waals surface area contributed by atoms with Crippen LogP contribution >= 0.6 is 0 Å². The van der Waals surface area contributed by atoms with Crippen molar-refractivity contribution < 1.29 is 0 Å². The van der Waals surface area contributed by atoms with Gasteiger partial charge < -0.3 is 10.2 Å². The zero-order chi connectivity index (χ0) is 12.1. The van der Waals surface area contributed by atoms with E-state index in [0.29, 0.717) is 12.1 Å². The van der Waals surface area contributed by atoms with Crippen molar-refractivity contribution in [1.29, 1.82) is 0 Å². The van der Waals surface area contributed by atoms with Gasteiger partial charge in [-0.15, -0.1) is 0 Å². The molecule has 0 spiro atoms. The van der Waals surface area contributed by atoms with Crippen LogP contribution in [-0.2, 0) is 0 Å². The fourth-order valence-electron chi connectivity index (χ4n) is 2.71. The third-order valence-electron chi connectivity index (χ3n) is 3.65. The number of benzene rings is 1. The molecule has 1 saturated heterocycles. The average molecular weight is 232 g/mol. The SMILES string of the molecule is CCCNC1CCN(c2ccccc2)C(C)C1. The van der Waals surface area contributed by atoms with Crippen LogP contribution in [0.2, 0.25) is 0 Å². The first-order valence-electron chi connectivity index (χ1n) is 6.86. The summed E-state index contributed by atoms with van der Waals surface area (Å²) >= 11 is 0. The summed E-state index contributed by atoms with van der Waals surface area (Å²) < 4.78 is 0. The molecule has 2 heteroatoms. The second kappa shape index (κ2) is 6.06. The third kappa shape index (κ3) is 3.22. The Labute approximate surface area is 105 Å². The van der Waals surface area contributed by atoms with Gasteiger partial charge in [0, 0.05) is 24.3 Å².